The van der Waals surface area contributed by atoms with Crippen LogP contribution in [0.2, 0.25) is 0 Å². The van der Waals surface area contributed by atoms with Gasteiger partial charge in [-0.15, -0.1) is 0 Å². The molecule has 0 saturated heterocycles. The average Bonchev–Trinajstić information content (AvgIpc) is 2.49. The van der Waals surface area contributed by atoms with Crippen molar-refractivity contribution in [2.24, 2.45) is 0 Å². The Bertz CT molecular complexity index is 672. The Hall–Kier alpha value is -1.81. The topological polar surface area (TPSA) is 34.5 Å². The summed E-state index contributed by atoms with van der Waals surface area (Å²) in [6.45, 7) is 11.9. The summed E-state index contributed by atoms with van der Waals surface area (Å²) in [5.74, 6) is 0.808. The standard InChI is InChI=1S/C18H26N2O2/c1-5-19(6-2)11-12-20-10-9-15-13-16(22-14(3)4)7-8-17(15)18(20)21/h7-10,13-14H,5-6,11-12H2,1-4H3. The Kier molecular flexibility index (Phi) is 5.61. The van der Waals surface area contributed by atoms with Crippen LogP contribution in [0.3, 0.4) is 0 Å². The number of fused-ring (bicyclic) bond motifs is 1. The van der Waals surface area contributed by atoms with E-state index in [0.717, 1.165) is 42.7 Å². The summed E-state index contributed by atoms with van der Waals surface area (Å²) in [6, 6.07) is 7.67. The summed E-state index contributed by atoms with van der Waals surface area (Å²) >= 11 is 0. The van der Waals surface area contributed by atoms with Crippen molar-refractivity contribution in [3.8, 4) is 5.75 Å². The maximum absolute atomic E-state index is 12.6. The van der Waals surface area contributed by atoms with Gasteiger partial charge < -0.3 is 14.2 Å². The van der Waals surface area contributed by atoms with Crippen LogP contribution in [0.1, 0.15) is 27.7 Å². The summed E-state index contributed by atoms with van der Waals surface area (Å²) < 4.78 is 7.48. The first-order chi connectivity index (χ1) is 10.5. The van der Waals surface area contributed by atoms with Crippen molar-refractivity contribution in [3.05, 3.63) is 40.8 Å². The number of hydrogen-bond acceptors (Lipinski definition) is 3. The van der Waals surface area contributed by atoms with E-state index in [2.05, 4.69) is 18.7 Å². The van der Waals surface area contributed by atoms with Crippen LogP contribution in [0.5, 0.6) is 5.75 Å². The van der Waals surface area contributed by atoms with E-state index in [1.54, 1.807) is 4.57 Å². The average molecular weight is 302 g/mol. The molecule has 0 radical (unpaired) electrons. The van der Waals surface area contributed by atoms with Gasteiger partial charge >= 0.3 is 0 Å². The molecule has 0 atom stereocenters. The highest BCUT2D eigenvalue weighted by molar-refractivity contribution is 5.82. The number of aromatic nitrogens is 1. The molecule has 22 heavy (non-hydrogen) atoms. The quantitative estimate of drug-likeness (QED) is 0.788. The van der Waals surface area contributed by atoms with E-state index >= 15 is 0 Å². The van der Waals surface area contributed by atoms with Gasteiger partial charge in [-0.25, -0.2) is 0 Å². The van der Waals surface area contributed by atoms with Crippen LogP contribution >= 0.6 is 0 Å². The molecule has 1 aromatic carbocycles. The predicted molar refractivity (Wildman–Crippen MR) is 91.8 cm³/mol. The molecule has 0 unspecified atom stereocenters. The Balaban J connectivity index is 2.25. The van der Waals surface area contributed by atoms with E-state index in [1.165, 1.54) is 0 Å². The molecule has 0 aliphatic carbocycles. The fraction of sp³-hybridized carbons (Fsp3) is 0.500. The number of rotatable bonds is 7. The highest BCUT2D eigenvalue weighted by Crippen LogP contribution is 2.19. The minimum Gasteiger partial charge on any atom is -0.491 e. The molecule has 0 N–H and O–H groups in total. The lowest BCUT2D eigenvalue weighted by molar-refractivity contribution is 0.243. The lowest BCUT2D eigenvalue weighted by Crippen LogP contribution is -2.30. The van der Waals surface area contributed by atoms with Gasteiger partial charge in [0.2, 0.25) is 0 Å². The molecule has 0 saturated carbocycles. The first-order valence-electron chi connectivity index (χ1n) is 8.07. The Morgan fingerprint density at radius 3 is 2.55 bits per heavy atom. The zero-order valence-electron chi connectivity index (χ0n) is 14.0. The predicted octanol–water partition coefficient (Wildman–Crippen LogP) is 3.13. The highest BCUT2D eigenvalue weighted by Gasteiger charge is 2.06. The molecule has 120 valence electrons. The molecule has 0 bridgehead atoms. The molecular weight excluding hydrogens is 276 g/mol. The molecule has 0 fully saturated rings. The first-order valence-corrected chi connectivity index (χ1v) is 8.07. The van der Waals surface area contributed by atoms with Gasteiger partial charge in [0.1, 0.15) is 5.75 Å². The molecule has 1 aromatic heterocycles. The molecule has 4 heteroatoms. The summed E-state index contributed by atoms with van der Waals surface area (Å²) in [4.78, 5) is 14.9. The molecular formula is C18H26N2O2. The Labute approximate surface area is 132 Å². The molecule has 1 heterocycles. The van der Waals surface area contributed by atoms with E-state index in [4.69, 9.17) is 4.74 Å². The van der Waals surface area contributed by atoms with Crippen molar-refractivity contribution >= 4 is 10.8 Å². The summed E-state index contributed by atoms with van der Waals surface area (Å²) in [6.07, 6.45) is 2.01. The highest BCUT2D eigenvalue weighted by atomic mass is 16.5. The van der Waals surface area contributed by atoms with E-state index in [9.17, 15) is 4.79 Å². The van der Waals surface area contributed by atoms with Crippen LogP contribution in [-0.2, 0) is 6.54 Å². The van der Waals surface area contributed by atoms with Gasteiger partial charge in [0, 0.05) is 24.7 Å². The van der Waals surface area contributed by atoms with Gasteiger partial charge in [-0.1, -0.05) is 13.8 Å². The van der Waals surface area contributed by atoms with Crippen LogP contribution < -0.4 is 10.3 Å². The number of hydrogen-bond donors (Lipinski definition) is 0. The molecule has 0 aliphatic heterocycles. The monoisotopic (exact) mass is 302 g/mol. The van der Waals surface area contributed by atoms with Gasteiger partial charge in [0.25, 0.3) is 5.56 Å². The maximum Gasteiger partial charge on any atom is 0.258 e. The van der Waals surface area contributed by atoms with Crippen molar-refractivity contribution in [2.45, 2.75) is 40.3 Å². The number of likely N-dealkylation sites (N-methyl/N-ethyl adjacent to an activating group) is 1. The van der Waals surface area contributed by atoms with Gasteiger partial charge in [-0.3, -0.25) is 4.79 Å². The van der Waals surface area contributed by atoms with Crippen LogP contribution in [-0.4, -0.2) is 35.2 Å². The third kappa shape index (κ3) is 3.89. The molecule has 0 spiro atoms. The first kappa shape index (κ1) is 16.6. The van der Waals surface area contributed by atoms with Crippen molar-refractivity contribution in [1.29, 1.82) is 0 Å². The van der Waals surface area contributed by atoms with Crippen molar-refractivity contribution in [2.75, 3.05) is 19.6 Å². The fourth-order valence-electron chi connectivity index (χ4n) is 2.58. The van der Waals surface area contributed by atoms with Gasteiger partial charge in [-0.05, 0) is 56.6 Å². The normalized spacial score (nSPS) is 11.5. The lowest BCUT2D eigenvalue weighted by Gasteiger charge is -2.18. The number of pyridine rings is 1. The second-order valence-electron chi connectivity index (χ2n) is 5.76. The van der Waals surface area contributed by atoms with E-state index < -0.39 is 0 Å². The largest absolute Gasteiger partial charge is 0.491 e. The third-order valence-corrected chi connectivity index (χ3v) is 3.87. The summed E-state index contributed by atoms with van der Waals surface area (Å²) in [5.41, 5.74) is 0.0701. The fourth-order valence-corrected chi connectivity index (χ4v) is 2.58. The molecule has 0 amide bonds. The molecule has 4 nitrogen and oxygen atoms in total. The molecule has 2 rings (SSSR count). The van der Waals surface area contributed by atoms with E-state index in [1.807, 2.05) is 44.3 Å². The van der Waals surface area contributed by atoms with Gasteiger partial charge in [-0.2, -0.15) is 0 Å². The Morgan fingerprint density at radius 1 is 1.18 bits per heavy atom. The van der Waals surface area contributed by atoms with Gasteiger partial charge in [0.15, 0.2) is 0 Å². The van der Waals surface area contributed by atoms with Crippen LogP contribution in [0, 0.1) is 0 Å². The summed E-state index contributed by atoms with van der Waals surface area (Å²) in [5, 5.41) is 1.68. The molecule has 0 aliphatic rings. The van der Waals surface area contributed by atoms with Gasteiger partial charge in [0.05, 0.1) is 6.10 Å². The second-order valence-corrected chi connectivity index (χ2v) is 5.76. The maximum atomic E-state index is 12.6. The van der Waals surface area contributed by atoms with Crippen molar-refractivity contribution < 1.29 is 4.74 Å². The van der Waals surface area contributed by atoms with E-state index in [0.29, 0.717) is 0 Å². The minimum atomic E-state index is 0.0701. The van der Waals surface area contributed by atoms with Crippen LogP contribution in [0.15, 0.2) is 35.3 Å². The Morgan fingerprint density at radius 2 is 1.91 bits per heavy atom. The van der Waals surface area contributed by atoms with Crippen LogP contribution in [0.25, 0.3) is 10.8 Å². The lowest BCUT2D eigenvalue weighted by atomic mass is 10.1. The molecule has 2 aromatic rings. The van der Waals surface area contributed by atoms with Crippen molar-refractivity contribution in [1.82, 2.24) is 9.47 Å². The minimum absolute atomic E-state index is 0.0701. The summed E-state index contributed by atoms with van der Waals surface area (Å²) in [7, 11) is 0. The van der Waals surface area contributed by atoms with Crippen LogP contribution in [0.4, 0.5) is 0 Å². The number of ether oxygens (including phenoxy) is 1. The SMILES string of the molecule is CCN(CC)CCn1ccc2cc(OC(C)C)ccc2c1=O. The zero-order valence-corrected chi connectivity index (χ0v) is 14.0. The third-order valence-electron chi connectivity index (χ3n) is 3.87. The number of benzene rings is 1. The second kappa shape index (κ2) is 7.45. The van der Waals surface area contributed by atoms with Crippen molar-refractivity contribution in [3.63, 3.8) is 0 Å². The van der Waals surface area contributed by atoms with E-state index in [-0.39, 0.29) is 11.7 Å². The smallest absolute Gasteiger partial charge is 0.258 e. The number of nitrogens with zero attached hydrogens (tertiary/aromatic N) is 2. The zero-order chi connectivity index (χ0) is 16.1.